The van der Waals surface area contributed by atoms with Crippen molar-refractivity contribution in [2.75, 3.05) is 11.9 Å². The van der Waals surface area contributed by atoms with Crippen LogP contribution in [0.2, 0.25) is 0 Å². The highest BCUT2D eigenvalue weighted by Crippen LogP contribution is 2.39. The summed E-state index contributed by atoms with van der Waals surface area (Å²) >= 11 is 0. The Morgan fingerprint density at radius 1 is 1.14 bits per heavy atom. The van der Waals surface area contributed by atoms with E-state index in [4.69, 9.17) is 0 Å². The topological polar surface area (TPSA) is 77.1 Å². The molecule has 5 rings (SSSR count). The number of rotatable bonds is 4. The lowest BCUT2D eigenvalue weighted by atomic mass is 10.0. The minimum Gasteiger partial charge on any atom is -0.369 e. The quantitative estimate of drug-likeness (QED) is 0.443. The monoisotopic (exact) mass is 494 g/mol. The van der Waals surface area contributed by atoms with E-state index in [1.54, 1.807) is 33.2 Å². The molecule has 2 atom stereocenters. The maximum absolute atomic E-state index is 14.8. The van der Waals surface area contributed by atoms with Crippen molar-refractivity contribution in [3.63, 3.8) is 0 Å². The Morgan fingerprint density at radius 3 is 2.61 bits per heavy atom. The molecule has 2 aromatic rings. The number of nitrogens with one attached hydrogen (secondary N) is 1. The normalized spacial score (nSPS) is 16.4. The van der Waals surface area contributed by atoms with Crippen LogP contribution in [0.15, 0.2) is 52.4 Å². The second kappa shape index (κ2) is 8.92. The summed E-state index contributed by atoms with van der Waals surface area (Å²) in [7, 11) is 1.69. The Kier molecular flexibility index (Phi) is 5.89. The van der Waals surface area contributed by atoms with Crippen LogP contribution in [0.5, 0.6) is 0 Å². The summed E-state index contributed by atoms with van der Waals surface area (Å²) in [4.78, 5) is 25.9. The summed E-state index contributed by atoms with van der Waals surface area (Å²) in [5.41, 5.74) is 1.93. The maximum Gasteiger partial charge on any atom is 0.266 e. The van der Waals surface area contributed by atoms with E-state index in [0.29, 0.717) is 29.2 Å². The predicted molar refractivity (Wildman–Crippen MR) is 131 cm³/mol. The van der Waals surface area contributed by atoms with E-state index < -0.39 is 23.8 Å². The summed E-state index contributed by atoms with van der Waals surface area (Å²) in [5, 5.41) is 3.44. The molecular weight excluding hydrogens is 469 g/mol. The van der Waals surface area contributed by atoms with E-state index in [0.717, 1.165) is 23.0 Å². The fourth-order valence-electron chi connectivity index (χ4n) is 4.64. The van der Waals surface area contributed by atoms with Crippen LogP contribution in [0.4, 0.5) is 19.0 Å². The molecule has 7 nitrogen and oxygen atoms in total. The molecule has 4 heterocycles. The molecule has 36 heavy (non-hydrogen) atoms. The Labute approximate surface area is 205 Å². The van der Waals surface area contributed by atoms with Gasteiger partial charge in [0.2, 0.25) is 5.56 Å². The molecule has 186 valence electrons. The Balaban J connectivity index is 1.76. The molecule has 1 aromatic heterocycles. The number of anilines is 1. The summed E-state index contributed by atoms with van der Waals surface area (Å²) < 4.78 is 44.9. The van der Waals surface area contributed by atoms with Crippen molar-refractivity contribution >= 4 is 5.82 Å². The third kappa shape index (κ3) is 3.96. The van der Waals surface area contributed by atoms with Gasteiger partial charge in [-0.2, -0.15) is 0 Å². The van der Waals surface area contributed by atoms with Crippen molar-refractivity contribution in [1.29, 1.82) is 0 Å². The molecule has 0 amide bonds. The second-order valence-electron chi connectivity index (χ2n) is 9.06. The molecule has 0 spiro atoms. The van der Waals surface area contributed by atoms with Gasteiger partial charge in [-0.25, -0.2) is 23.1 Å². The van der Waals surface area contributed by atoms with Crippen LogP contribution in [0, 0.1) is 12.7 Å². The summed E-state index contributed by atoms with van der Waals surface area (Å²) in [6.07, 6.45) is -1.16. The molecule has 0 saturated carbocycles. The fourth-order valence-corrected chi connectivity index (χ4v) is 4.64. The van der Waals surface area contributed by atoms with Gasteiger partial charge in [-0.3, -0.25) is 9.79 Å². The molecule has 1 N–H and O–H groups in total. The van der Waals surface area contributed by atoms with Gasteiger partial charge in [0, 0.05) is 42.5 Å². The highest BCUT2D eigenvalue weighted by Gasteiger charge is 2.28. The molecule has 1 unspecified atom stereocenters. The molecule has 0 radical (unpaired) electrons. The number of pyridine rings is 2. The van der Waals surface area contributed by atoms with E-state index in [2.05, 4.69) is 31.8 Å². The van der Waals surface area contributed by atoms with Crippen LogP contribution in [0.3, 0.4) is 0 Å². The highest BCUT2D eigenvalue weighted by atomic mass is 19.3. The van der Waals surface area contributed by atoms with Crippen molar-refractivity contribution in [3.8, 4) is 22.5 Å². The predicted octanol–water partition coefficient (Wildman–Crippen LogP) is 4.78. The summed E-state index contributed by atoms with van der Waals surface area (Å²) in [5.74, 6) is 1.05. The average Bonchev–Trinajstić information content (AvgIpc) is 3.22. The molecule has 3 aliphatic rings. The highest BCUT2D eigenvalue weighted by molar-refractivity contribution is 5.82. The zero-order chi connectivity index (χ0) is 25.7. The SMILES string of the molecule is Cc1nc2n3c(c(-c4ccc(=O)n(C)c4)cc-2c(=N[C@H](C)c2cccc(C(F)F)c2F)n1)NCC3C. The van der Waals surface area contributed by atoms with Gasteiger partial charge in [0.1, 0.15) is 23.3 Å². The van der Waals surface area contributed by atoms with Gasteiger partial charge in [-0.05, 0) is 32.9 Å². The van der Waals surface area contributed by atoms with E-state index in [9.17, 15) is 18.0 Å². The number of nitrogens with zero attached hydrogens (tertiary/aromatic N) is 5. The van der Waals surface area contributed by atoms with Crippen LogP contribution < -0.4 is 16.4 Å². The van der Waals surface area contributed by atoms with Gasteiger partial charge in [-0.1, -0.05) is 18.2 Å². The maximum atomic E-state index is 14.8. The van der Waals surface area contributed by atoms with Gasteiger partial charge in [-0.15, -0.1) is 0 Å². The Hall–Kier alpha value is -3.95. The Bertz CT molecular complexity index is 1580. The number of alkyl halides is 2. The number of hydrogen-bond donors (Lipinski definition) is 1. The smallest absolute Gasteiger partial charge is 0.266 e. The number of aryl methyl sites for hydroxylation is 2. The van der Waals surface area contributed by atoms with Gasteiger partial charge >= 0.3 is 0 Å². The van der Waals surface area contributed by atoms with Crippen LogP contribution in [-0.2, 0) is 7.05 Å². The van der Waals surface area contributed by atoms with Gasteiger partial charge in [0.25, 0.3) is 6.43 Å². The third-order valence-electron chi connectivity index (χ3n) is 6.49. The summed E-state index contributed by atoms with van der Waals surface area (Å²) in [6.45, 7) is 6.16. The van der Waals surface area contributed by atoms with Gasteiger partial charge in [0.15, 0.2) is 5.49 Å². The minimum atomic E-state index is -2.92. The molecular formula is C26H25F3N6O. The third-order valence-corrected chi connectivity index (χ3v) is 6.49. The standard InChI is InChI=1S/C26H25F3N6O/c1-13-11-30-25-19(16-8-9-21(36)34(4)12-16)10-20-24(32-15(3)33-26(20)35(13)25)31-14(2)17-6-5-7-18(22(17)27)23(28)29/h5-10,12-14,23,30H,11H2,1-4H3/t13?,14-/m1/s1. The minimum absolute atomic E-state index is 0.0688. The molecule has 0 aliphatic carbocycles. The zero-order valence-electron chi connectivity index (χ0n) is 20.3. The zero-order valence-corrected chi connectivity index (χ0v) is 20.3. The van der Waals surface area contributed by atoms with E-state index in [1.807, 2.05) is 6.07 Å². The van der Waals surface area contributed by atoms with E-state index in [-0.39, 0.29) is 17.2 Å². The second-order valence-corrected chi connectivity index (χ2v) is 9.06. The first kappa shape index (κ1) is 23.8. The molecule has 3 aliphatic heterocycles. The first-order chi connectivity index (χ1) is 17.2. The van der Waals surface area contributed by atoms with Crippen molar-refractivity contribution in [2.45, 2.75) is 39.3 Å². The number of aromatic nitrogens is 4. The van der Waals surface area contributed by atoms with Crippen LogP contribution in [-0.4, -0.2) is 25.6 Å². The molecule has 1 aromatic carbocycles. The average molecular weight is 495 g/mol. The van der Waals surface area contributed by atoms with Gasteiger partial charge in [0.05, 0.1) is 23.2 Å². The molecule has 10 heteroatoms. The van der Waals surface area contributed by atoms with E-state index >= 15 is 0 Å². The first-order valence-electron chi connectivity index (χ1n) is 11.6. The van der Waals surface area contributed by atoms with Gasteiger partial charge < -0.3 is 14.5 Å². The Morgan fingerprint density at radius 2 is 1.89 bits per heavy atom. The van der Waals surface area contributed by atoms with Crippen molar-refractivity contribution in [3.05, 3.63) is 81.2 Å². The molecule has 0 saturated heterocycles. The summed E-state index contributed by atoms with van der Waals surface area (Å²) in [6, 6.07) is 8.42. The lowest BCUT2D eigenvalue weighted by Crippen LogP contribution is -2.22. The lowest BCUT2D eigenvalue weighted by Gasteiger charge is -2.20. The van der Waals surface area contributed by atoms with E-state index in [1.165, 1.54) is 22.8 Å². The number of halogens is 3. The molecule has 0 bridgehead atoms. The number of benzene rings is 1. The van der Waals surface area contributed by atoms with Crippen molar-refractivity contribution < 1.29 is 13.2 Å². The first-order valence-corrected chi connectivity index (χ1v) is 11.6. The fraction of sp³-hybridized carbons (Fsp3) is 0.308. The van der Waals surface area contributed by atoms with Crippen LogP contribution >= 0.6 is 0 Å². The number of hydrogen-bond acceptors (Lipinski definition) is 5. The lowest BCUT2D eigenvalue weighted by molar-refractivity contribution is 0.146. The van der Waals surface area contributed by atoms with Crippen LogP contribution in [0.1, 0.15) is 49.3 Å². The van der Waals surface area contributed by atoms with Crippen molar-refractivity contribution in [2.24, 2.45) is 12.0 Å². The number of fused-ring (bicyclic) bond motifs is 3. The molecule has 0 fully saturated rings. The van der Waals surface area contributed by atoms with Crippen LogP contribution in [0.25, 0.3) is 22.5 Å². The largest absolute Gasteiger partial charge is 0.369 e. The van der Waals surface area contributed by atoms with Crippen molar-refractivity contribution in [1.82, 2.24) is 19.1 Å².